The first-order valence-corrected chi connectivity index (χ1v) is 9.77. The number of rotatable bonds is 6. The Bertz CT molecular complexity index is 1100. The predicted molar refractivity (Wildman–Crippen MR) is 107 cm³/mol. The minimum Gasteiger partial charge on any atom is -0.481 e. The van der Waals surface area contributed by atoms with Crippen LogP contribution >= 0.6 is 11.6 Å². The quantitative estimate of drug-likeness (QED) is 0.532. The zero-order chi connectivity index (χ0) is 22.2. The van der Waals surface area contributed by atoms with Crippen molar-refractivity contribution in [2.45, 2.75) is 24.4 Å². The van der Waals surface area contributed by atoms with Crippen LogP contribution in [0.25, 0.3) is 0 Å². The van der Waals surface area contributed by atoms with Gasteiger partial charge in [0.1, 0.15) is 17.3 Å². The van der Waals surface area contributed by atoms with Crippen LogP contribution < -0.4 is 0 Å². The monoisotopic (exact) mass is 443 g/mol. The lowest BCUT2D eigenvalue weighted by molar-refractivity contribution is -0.149. The van der Waals surface area contributed by atoms with E-state index in [0.29, 0.717) is 10.7 Å². The van der Waals surface area contributed by atoms with Gasteiger partial charge >= 0.3 is 11.9 Å². The van der Waals surface area contributed by atoms with Crippen LogP contribution in [0.5, 0.6) is 0 Å². The van der Waals surface area contributed by atoms with Gasteiger partial charge in [-0.05, 0) is 42.8 Å². The molecule has 9 nitrogen and oxygen atoms in total. The summed E-state index contributed by atoms with van der Waals surface area (Å²) in [5, 5.41) is 20.6. The van der Waals surface area contributed by atoms with E-state index in [1.54, 1.807) is 6.07 Å². The van der Waals surface area contributed by atoms with Gasteiger partial charge in [-0.25, -0.2) is 9.78 Å². The van der Waals surface area contributed by atoms with E-state index in [1.807, 2.05) is 0 Å². The normalized spacial score (nSPS) is 23.1. The van der Waals surface area contributed by atoms with E-state index in [2.05, 4.69) is 9.97 Å². The summed E-state index contributed by atoms with van der Waals surface area (Å²) in [5.41, 5.74) is -1.20. The topological polar surface area (TPSA) is 137 Å². The summed E-state index contributed by atoms with van der Waals surface area (Å²) >= 11 is 5.93. The van der Waals surface area contributed by atoms with E-state index in [0.717, 1.165) is 4.90 Å². The first-order valence-electron chi connectivity index (χ1n) is 9.39. The number of H-pyrrole nitrogens is 1. The van der Waals surface area contributed by atoms with E-state index in [-0.39, 0.29) is 24.2 Å². The van der Waals surface area contributed by atoms with Gasteiger partial charge in [0.2, 0.25) is 0 Å². The number of amides is 1. The molecule has 160 valence electrons. The number of carboxylic acid groups (broad SMARTS) is 2. The van der Waals surface area contributed by atoms with Crippen LogP contribution in [0.4, 0.5) is 0 Å². The fourth-order valence-electron chi connectivity index (χ4n) is 4.20. The summed E-state index contributed by atoms with van der Waals surface area (Å²) in [6.07, 6.45) is 3.74. The lowest BCUT2D eigenvalue weighted by Crippen LogP contribution is -2.55. The number of nitrogens with one attached hydrogen (secondary N) is 1. The molecule has 0 spiro atoms. The summed E-state index contributed by atoms with van der Waals surface area (Å²) in [5.74, 6) is -4.17. The number of benzene rings is 1. The minimum atomic E-state index is -1.84. The summed E-state index contributed by atoms with van der Waals surface area (Å²) in [7, 11) is 0. The first kappa shape index (κ1) is 20.7. The SMILES string of the molecule is O=C(O)C1CC(Cc2cnc[nH]2)(C(=O)O)N(C(=O)c2ccc(Cl)cc2)C1c1ccco1. The number of aromatic amines is 1. The van der Waals surface area contributed by atoms with Crippen LogP contribution in [0.1, 0.15) is 34.3 Å². The molecule has 3 heterocycles. The molecule has 3 atom stereocenters. The summed E-state index contributed by atoms with van der Waals surface area (Å²) in [6, 6.07) is 7.96. The number of likely N-dealkylation sites (tertiary alicyclic amines) is 1. The van der Waals surface area contributed by atoms with E-state index in [1.165, 1.54) is 49.1 Å². The van der Waals surface area contributed by atoms with Crippen LogP contribution in [0.2, 0.25) is 5.02 Å². The third-order valence-corrected chi connectivity index (χ3v) is 5.83. The zero-order valence-electron chi connectivity index (χ0n) is 16.1. The molecule has 10 heteroatoms. The fraction of sp³-hybridized carbons (Fsp3) is 0.238. The standard InChI is InChI=1S/C21H18ClN3O6/c22-13-5-3-12(4-6-13)18(26)25-17(16-2-1-7-31-16)15(19(27)28)9-21(25,20(29)30)8-14-10-23-11-24-14/h1-7,10-11,15,17H,8-9H2,(H,23,24)(H,27,28)(H,29,30). The molecule has 1 amide bonds. The Labute approximate surface area is 181 Å². The summed E-state index contributed by atoms with van der Waals surface area (Å²) in [4.78, 5) is 46.3. The Morgan fingerprint density at radius 3 is 2.52 bits per heavy atom. The molecular weight excluding hydrogens is 426 g/mol. The predicted octanol–water partition coefficient (Wildman–Crippen LogP) is 3.01. The highest BCUT2D eigenvalue weighted by molar-refractivity contribution is 6.30. The van der Waals surface area contributed by atoms with Crippen molar-refractivity contribution in [3.63, 3.8) is 0 Å². The molecule has 2 aromatic heterocycles. The van der Waals surface area contributed by atoms with Gasteiger partial charge in [0.25, 0.3) is 5.91 Å². The Balaban J connectivity index is 1.90. The molecule has 1 aliphatic heterocycles. The number of imidazole rings is 1. The number of carboxylic acids is 2. The largest absolute Gasteiger partial charge is 0.481 e. The van der Waals surface area contributed by atoms with Crippen LogP contribution in [0.15, 0.2) is 59.6 Å². The molecule has 1 aliphatic rings. The van der Waals surface area contributed by atoms with Gasteiger partial charge in [-0.15, -0.1) is 0 Å². The molecule has 3 N–H and O–H groups in total. The van der Waals surface area contributed by atoms with Gasteiger partial charge in [-0.1, -0.05) is 11.6 Å². The molecule has 4 rings (SSSR count). The molecule has 1 aromatic carbocycles. The van der Waals surface area contributed by atoms with Gasteiger partial charge in [0, 0.05) is 28.9 Å². The molecule has 1 fully saturated rings. The smallest absolute Gasteiger partial charge is 0.330 e. The Kier molecular flexibility index (Phi) is 5.28. The van der Waals surface area contributed by atoms with Crippen molar-refractivity contribution in [1.82, 2.24) is 14.9 Å². The van der Waals surface area contributed by atoms with Gasteiger partial charge in [-0.2, -0.15) is 0 Å². The molecule has 3 unspecified atom stereocenters. The average molecular weight is 444 g/mol. The third kappa shape index (κ3) is 3.57. The van der Waals surface area contributed by atoms with Crippen molar-refractivity contribution < 1.29 is 29.0 Å². The van der Waals surface area contributed by atoms with Crippen LogP contribution in [-0.2, 0) is 16.0 Å². The van der Waals surface area contributed by atoms with E-state index >= 15 is 0 Å². The second-order valence-electron chi connectivity index (χ2n) is 7.38. The molecule has 0 bridgehead atoms. The van der Waals surface area contributed by atoms with E-state index in [4.69, 9.17) is 16.0 Å². The fourth-order valence-corrected chi connectivity index (χ4v) is 4.33. The average Bonchev–Trinajstić information content (AvgIpc) is 3.48. The van der Waals surface area contributed by atoms with Crippen LogP contribution in [-0.4, -0.2) is 48.5 Å². The number of aliphatic carboxylic acids is 2. The number of aromatic nitrogens is 2. The maximum absolute atomic E-state index is 13.6. The van der Waals surface area contributed by atoms with Gasteiger partial charge < -0.3 is 24.5 Å². The number of hydrogen-bond donors (Lipinski definition) is 3. The second-order valence-corrected chi connectivity index (χ2v) is 7.82. The second kappa shape index (κ2) is 7.92. The first-order chi connectivity index (χ1) is 14.8. The molecule has 0 aliphatic carbocycles. The lowest BCUT2D eigenvalue weighted by Gasteiger charge is -2.37. The molecule has 3 aromatic rings. The maximum atomic E-state index is 13.6. The van der Waals surface area contributed by atoms with Gasteiger partial charge in [-0.3, -0.25) is 9.59 Å². The Morgan fingerprint density at radius 2 is 1.97 bits per heavy atom. The number of carbonyl (C=O) groups excluding carboxylic acids is 1. The number of carbonyl (C=O) groups is 3. The molecule has 0 saturated carbocycles. The van der Waals surface area contributed by atoms with Crippen molar-refractivity contribution in [1.29, 1.82) is 0 Å². The van der Waals surface area contributed by atoms with Crippen LogP contribution in [0, 0.1) is 5.92 Å². The Morgan fingerprint density at radius 1 is 1.23 bits per heavy atom. The van der Waals surface area contributed by atoms with Crippen molar-refractivity contribution in [3.05, 3.63) is 77.2 Å². The number of nitrogens with zero attached hydrogens (tertiary/aromatic N) is 2. The van der Waals surface area contributed by atoms with Crippen molar-refractivity contribution in [3.8, 4) is 0 Å². The lowest BCUT2D eigenvalue weighted by atomic mass is 9.86. The molecule has 1 saturated heterocycles. The molecular formula is C21H18ClN3O6. The number of hydrogen-bond acceptors (Lipinski definition) is 5. The van der Waals surface area contributed by atoms with Crippen LogP contribution in [0.3, 0.4) is 0 Å². The van der Waals surface area contributed by atoms with Crippen molar-refractivity contribution >= 4 is 29.4 Å². The van der Waals surface area contributed by atoms with Gasteiger partial charge in [0.05, 0.1) is 18.5 Å². The minimum absolute atomic E-state index is 0.150. The van der Waals surface area contributed by atoms with Crippen molar-refractivity contribution in [2.24, 2.45) is 5.92 Å². The summed E-state index contributed by atoms with van der Waals surface area (Å²) < 4.78 is 5.45. The highest BCUT2D eigenvalue weighted by Gasteiger charge is 2.61. The highest BCUT2D eigenvalue weighted by Crippen LogP contribution is 2.49. The number of furan rings is 1. The van der Waals surface area contributed by atoms with Crippen molar-refractivity contribution in [2.75, 3.05) is 0 Å². The third-order valence-electron chi connectivity index (χ3n) is 5.58. The number of halogens is 1. The zero-order valence-corrected chi connectivity index (χ0v) is 16.8. The van der Waals surface area contributed by atoms with Gasteiger partial charge in [0.15, 0.2) is 0 Å². The molecule has 31 heavy (non-hydrogen) atoms. The highest BCUT2D eigenvalue weighted by atomic mass is 35.5. The van der Waals surface area contributed by atoms with E-state index in [9.17, 15) is 24.6 Å². The maximum Gasteiger partial charge on any atom is 0.330 e. The Hall–Kier alpha value is -3.59. The molecule has 0 radical (unpaired) electrons. The van der Waals surface area contributed by atoms with E-state index < -0.39 is 35.3 Å². The summed E-state index contributed by atoms with van der Waals surface area (Å²) in [6.45, 7) is 0.